The Labute approximate surface area is 117 Å². The van der Waals surface area contributed by atoms with E-state index in [1.807, 2.05) is 0 Å². The molecule has 0 atom stereocenters. The molecule has 1 fully saturated rings. The number of halogens is 2. The van der Waals surface area contributed by atoms with E-state index >= 15 is 0 Å². The number of rotatable bonds is 2. The van der Waals surface area contributed by atoms with Crippen LogP contribution < -0.4 is 5.32 Å². The van der Waals surface area contributed by atoms with Crippen LogP contribution in [0.4, 0.5) is 10.5 Å². The van der Waals surface area contributed by atoms with E-state index in [0.29, 0.717) is 10.7 Å². The Hall–Kier alpha value is -1.27. The smallest absolute Gasteiger partial charge is 0.407 e. The molecule has 1 aliphatic rings. The van der Waals surface area contributed by atoms with E-state index in [9.17, 15) is 9.59 Å². The molecule has 0 unspecified atom stereocenters. The van der Waals surface area contributed by atoms with Gasteiger partial charge in [-0.15, -0.1) is 0 Å². The highest BCUT2D eigenvalue weighted by Crippen LogP contribution is 2.27. The van der Waals surface area contributed by atoms with Gasteiger partial charge in [0, 0.05) is 22.6 Å². The zero-order chi connectivity index (χ0) is 13.3. The number of hydrogen-bond acceptors (Lipinski definition) is 2. The Kier molecular flexibility index (Phi) is 3.77. The average Bonchev–Trinajstić information content (AvgIpc) is 2.20. The molecule has 0 saturated carbocycles. The molecule has 1 saturated heterocycles. The molecule has 0 spiro atoms. The van der Waals surface area contributed by atoms with Gasteiger partial charge in [0.25, 0.3) is 0 Å². The minimum absolute atomic E-state index is 0.199. The number of hydrogen-bond donors (Lipinski definition) is 2. The fourth-order valence-electron chi connectivity index (χ4n) is 1.63. The van der Waals surface area contributed by atoms with E-state index in [4.69, 9.17) is 16.7 Å². The first-order chi connectivity index (χ1) is 8.47. The summed E-state index contributed by atoms with van der Waals surface area (Å²) in [5, 5.41) is 11.9. The van der Waals surface area contributed by atoms with E-state index in [1.54, 1.807) is 18.2 Å². The van der Waals surface area contributed by atoms with Crippen LogP contribution in [0.25, 0.3) is 0 Å². The molecule has 0 aromatic heterocycles. The number of nitrogens with zero attached hydrogens (tertiary/aromatic N) is 1. The van der Waals surface area contributed by atoms with Gasteiger partial charge in [-0.05, 0) is 34.1 Å². The van der Waals surface area contributed by atoms with Gasteiger partial charge in [-0.3, -0.25) is 4.79 Å². The molecule has 1 aromatic carbocycles. The third-order valence-corrected chi connectivity index (χ3v) is 3.64. The maximum Gasteiger partial charge on any atom is 0.407 e. The third kappa shape index (κ3) is 2.76. The molecule has 0 bridgehead atoms. The highest BCUT2D eigenvalue weighted by atomic mass is 79.9. The second-order valence-corrected chi connectivity index (χ2v) is 5.29. The van der Waals surface area contributed by atoms with Crippen molar-refractivity contribution in [2.45, 2.75) is 0 Å². The summed E-state index contributed by atoms with van der Waals surface area (Å²) in [6.07, 6.45) is -0.997. The summed E-state index contributed by atoms with van der Waals surface area (Å²) in [6, 6.07) is 5.08. The number of likely N-dealkylation sites (tertiary alicyclic amines) is 1. The van der Waals surface area contributed by atoms with Crippen LogP contribution in [0.5, 0.6) is 0 Å². The number of carboxylic acid groups (broad SMARTS) is 1. The largest absolute Gasteiger partial charge is 0.465 e. The van der Waals surface area contributed by atoms with Crippen LogP contribution in [0.3, 0.4) is 0 Å². The van der Waals surface area contributed by atoms with Crippen molar-refractivity contribution < 1.29 is 14.7 Å². The number of benzene rings is 1. The normalized spacial score (nSPS) is 15.1. The van der Waals surface area contributed by atoms with Gasteiger partial charge in [-0.1, -0.05) is 11.6 Å². The summed E-state index contributed by atoms with van der Waals surface area (Å²) in [5.74, 6) is -0.498. The lowest BCUT2D eigenvalue weighted by Crippen LogP contribution is -2.53. The fourth-order valence-corrected chi connectivity index (χ4v) is 2.15. The van der Waals surface area contributed by atoms with Crippen LogP contribution in [0, 0.1) is 5.92 Å². The Balaban J connectivity index is 1.96. The molecule has 1 heterocycles. The standard InChI is InChI=1S/C11H10BrClN2O3/c12-8-2-1-7(13)3-9(8)14-10(16)6-4-15(5-6)11(17)18/h1-3,6H,4-5H2,(H,14,16)(H,17,18). The zero-order valence-corrected chi connectivity index (χ0v) is 11.5. The second kappa shape index (κ2) is 5.16. The Bertz CT molecular complexity index is 503. The molecule has 5 nitrogen and oxygen atoms in total. The second-order valence-electron chi connectivity index (χ2n) is 4.00. The number of carbonyl (C=O) groups is 2. The predicted molar refractivity (Wildman–Crippen MR) is 70.9 cm³/mol. The molecule has 2 amide bonds. The van der Waals surface area contributed by atoms with Gasteiger partial charge in [0.05, 0.1) is 11.6 Å². The van der Waals surface area contributed by atoms with Crippen molar-refractivity contribution in [1.29, 1.82) is 0 Å². The Morgan fingerprint density at radius 1 is 1.44 bits per heavy atom. The van der Waals surface area contributed by atoms with E-state index in [-0.39, 0.29) is 24.9 Å². The first kappa shape index (κ1) is 13.2. The van der Waals surface area contributed by atoms with E-state index in [1.165, 1.54) is 4.90 Å². The maximum absolute atomic E-state index is 11.8. The minimum Gasteiger partial charge on any atom is -0.465 e. The minimum atomic E-state index is -0.997. The van der Waals surface area contributed by atoms with Crippen LogP contribution in [0.1, 0.15) is 0 Å². The lowest BCUT2D eigenvalue weighted by atomic mass is 10.00. The first-order valence-electron chi connectivity index (χ1n) is 5.21. The van der Waals surface area contributed by atoms with E-state index in [0.717, 1.165) is 4.47 Å². The van der Waals surface area contributed by atoms with Crippen molar-refractivity contribution in [2.75, 3.05) is 18.4 Å². The first-order valence-corrected chi connectivity index (χ1v) is 6.38. The van der Waals surface area contributed by atoms with E-state index < -0.39 is 6.09 Å². The average molecular weight is 334 g/mol. The highest BCUT2D eigenvalue weighted by molar-refractivity contribution is 9.10. The number of nitrogens with one attached hydrogen (secondary N) is 1. The molecule has 2 rings (SSSR count). The Morgan fingerprint density at radius 3 is 2.72 bits per heavy atom. The third-order valence-electron chi connectivity index (χ3n) is 2.71. The molecule has 0 aliphatic carbocycles. The Morgan fingerprint density at radius 2 is 2.11 bits per heavy atom. The lowest BCUT2D eigenvalue weighted by molar-refractivity contribution is -0.123. The summed E-state index contributed by atoms with van der Waals surface area (Å²) in [7, 11) is 0. The number of amides is 2. The molecule has 96 valence electrons. The van der Waals surface area contributed by atoms with Crippen molar-refractivity contribution in [3.8, 4) is 0 Å². The van der Waals surface area contributed by atoms with Gasteiger partial charge >= 0.3 is 6.09 Å². The van der Waals surface area contributed by atoms with Gasteiger partial charge < -0.3 is 15.3 Å². The van der Waals surface area contributed by atoms with Crippen LogP contribution in [0.15, 0.2) is 22.7 Å². The SMILES string of the molecule is O=C(Nc1cc(Cl)ccc1Br)C1CN(C(=O)O)C1. The molecule has 7 heteroatoms. The van der Waals surface area contributed by atoms with Crippen LogP contribution in [0.2, 0.25) is 5.02 Å². The number of anilines is 1. The zero-order valence-electron chi connectivity index (χ0n) is 9.19. The maximum atomic E-state index is 11.8. The molecule has 0 radical (unpaired) electrons. The summed E-state index contributed by atoms with van der Waals surface area (Å²) < 4.78 is 0.731. The van der Waals surface area contributed by atoms with Crippen LogP contribution in [-0.2, 0) is 4.79 Å². The quantitative estimate of drug-likeness (QED) is 0.874. The van der Waals surface area contributed by atoms with E-state index in [2.05, 4.69) is 21.2 Å². The molecule has 18 heavy (non-hydrogen) atoms. The highest BCUT2D eigenvalue weighted by Gasteiger charge is 2.35. The van der Waals surface area contributed by atoms with Gasteiger partial charge in [0.2, 0.25) is 5.91 Å². The topological polar surface area (TPSA) is 69.6 Å². The van der Waals surface area contributed by atoms with Crippen molar-refractivity contribution in [2.24, 2.45) is 5.92 Å². The van der Waals surface area contributed by atoms with Crippen LogP contribution in [-0.4, -0.2) is 35.1 Å². The van der Waals surface area contributed by atoms with Crippen molar-refractivity contribution in [3.05, 3.63) is 27.7 Å². The molecule has 1 aliphatic heterocycles. The summed E-state index contributed by atoms with van der Waals surface area (Å²) in [5.41, 5.74) is 0.585. The van der Waals surface area contributed by atoms with Crippen LogP contribution >= 0.6 is 27.5 Å². The van der Waals surface area contributed by atoms with Crippen molar-refractivity contribution in [3.63, 3.8) is 0 Å². The number of carbonyl (C=O) groups excluding carboxylic acids is 1. The summed E-state index contributed by atoms with van der Waals surface area (Å²) >= 11 is 9.14. The van der Waals surface area contributed by atoms with Gasteiger partial charge in [0.15, 0.2) is 0 Å². The molecule has 2 N–H and O–H groups in total. The fraction of sp³-hybridized carbons (Fsp3) is 0.273. The molecular formula is C11H10BrClN2O3. The summed E-state index contributed by atoms with van der Waals surface area (Å²) in [6.45, 7) is 0.471. The van der Waals surface area contributed by atoms with Gasteiger partial charge in [0.1, 0.15) is 0 Å². The monoisotopic (exact) mass is 332 g/mol. The van der Waals surface area contributed by atoms with Gasteiger partial charge in [-0.2, -0.15) is 0 Å². The summed E-state index contributed by atoms with van der Waals surface area (Å²) in [4.78, 5) is 23.6. The van der Waals surface area contributed by atoms with Crippen molar-refractivity contribution >= 4 is 45.2 Å². The lowest BCUT2D eigenvalue weighted by Gasteiger charge is -2.35. The van der Waals surface area contributed by atoms with Crippen molar-refractivity contribution in [1.82, 2.24) is 4.90 Å². The van der Waals surface area contributed by atoms with Gasteiger partial charge in [-0.25, -0.2) is 4.79 Å². The molecular weight excluding hydrogens is 323 g/mol. The predicted octanol–water partition coefficient (Wildman–Crippen LogP) is 2.65. The molecule has 1 aromatic rings.